The van der Waals surface area contributed by atoms with Crippen molar-refractivity contribution in [1.82, 2.24) is 15.1 Å². The molecule has 0 aromatic carbocycles. The first-order valence-corrected chi connectivity index (χ1v) is 7.52. The molecule has 5 heteroatoms. The number of carbonyl (C=O) groups is 1. The monoisotopic (exact) mass is 270 g/mol. The molecule has 0 aromatic heterocycles. The number of amides is 1. The third-order valence-corrected chi connectivity index (χ3v) is 3.63. The van der Waals surface area contributed by atoms with E-state index in [2.05, 4.69) is 22.0 Å². The second kappa shape index (κ2) is 8.51. The molecule has 0 aromatic rings. The highest BCUT2D eigenvalue weighted by molar-refractivity contribution is 5.78. The summed E-state index contributed by atoms with van der Waals surface area (Å²) in [7, 11) is 0. The summed E-state index contributed by atoms with van der Waals surface area (Å²) in [5.41, 5.74) is 5.84. The van der Waals surface area contributed by atoms with E-state index >= 15 is 0 Å². The Kier molecular flexibility index (Phi) is 7.34. The van der Waals surface area contributed by atoms with Gasteiger partial charge in [-0.25, -0.2) is 0 Å². The lowest BCUT2D eigenvalue weighted by atomic mass is 10.1. The van der Waals surface area contributed by atoms with Crippen LogP contribution in [0.4, 0.5) is 0 Å². The van der Waals surface area contributed by atoms with Crippen LogP contribution >= 0.6 is 0 Å². The molecule has 1 aliphatic heterocycles. The van der Waals surface area contributed by atoms with E-state index in [-0.39, 0.29) is 11.9 Å². The van der Waals surface area contributed by atoms with Crippen LogP contribution in [0, 0.1) is 0 Å². The van der Waals surface area contributed by atoms with Crippen molar-refractivity contribution in [2.24, 2.45) is 5.73 Å². The molecule has 0 saturated carbocycles. The summed E-state index contributed by atoms with van der Waals surface area (Å²) < 4.78 is 0. The molecule has 0 spiro atoms. The molecule has 5 nitrogen and oxygen atoms in total. The van der Waals surface area contributed by atoms with E-state index in [1.165, 1.54) is 12.8 Å². The van der Waals surface area contributed by atoms with Gasteiger partial charge in [0.05, 0.1) is 6.54 Å². The lowest BCUT2D eigenvalue weighted by Gasteiger charge is -2.38. The summed E-state index contributed by atoms with van der Waals surface area (Å²) in [6, 6.07) is 0.733. The molecule has 1 rings (SSSR count). The molecule has 112 valence electrons. The number of piperazine rings is 1. The van der Waals surface area contributed by atoms with Crippen LogP contribution in [0.3, 0.4) is 0 Å². The zero-order chi connectivity index (χ0) is 14.3. The minimum atomic E-state index is 0.132. The van der Waals surface area contributed by atoms with E-state index in [1.54, 1.807) is 0 Å². The maximum atomic E-state index is 11.7. The predicted octanol–water partition coefficient (Wildman–Crippen LogP) is 0.256. The molecule has 1 fully saturated rings. The normalized spacial score (nSPS) is 19.6. The summed E-state index contributed by atoms with van der Waals surface area (Å²) in [6.45, 7) is 11.4. The van der Waals surface area contributed by atoms with Gasteiger partial charge in [0.15, 0.2) is 0 Å². The lowest BCUT2D eigenvalue weighted by Crippen LogP contribution is -2.54. The average molecular weight is 270 g/mol. The molecule has 0 bridgehead atoms. The third-order valence-electron chi connectivity index (χ3n) is 3.63. The molecular weight excluding hydrogens is 240 g/mol. The first-order valence-electron chi connectivity index (χ1n) is 7.52. The van der Waals surface area contributed by atoms with Gasteiger partial charge >= 0.3 is 0 Å². The van der Waals surface area contributed by atoms with Gasteiger partial charge in [0.1, 0.15) is 0 Å². The standard InChI is InChI=1S/C14H30N4O/c1-4-5-13(10-15)18-8-6-17(7-9-18)11-14(19)16-12(2)3/h12-13H,4-11,15H2,1-3H3,(H,16,19). The van der Waals surface area contributed by atoms with Crippen molar-refractivity contribution in [3.05, 3.63) is 0 Å². The number of nitrogens with one attached hydrogen (secondary N) is 1. The second-order valence-corrected chi connectivity index (χ2v) is 5.71. The smallest absolute Gasteiger partial charge is 0.234 e. The van der Waals surface area contributed by atoms with Gasteiger partial charge in [-0.05, 0) is 20.3 Å². The number of rotatable bonds is 7. The third kappa shape index (κ3) is 5.89. The summed E-state index contributed by atoms with van der Waals surface area (Å²) in [5.74, 6) is 0.132. The van der Waals surface area contributed by atoms with Crippen molar-refractivity contribution in [2.75, 3.05) is 39.3 Å². The van der Waals surface area contributed by atoms with Gasteiger partial charge in [-0.2, -0.15) is 0 Å². The second-order valence-electron chi connectivity index (χ2n) is 5.71. The van der Waals surface area contributed by atoms with Gasteiger partial charge in [-0.3, -0.25) is 14.6 Å². The Morgan fingerprint density at radius 3 is 2.37 bits per heavy atom. The van der Waals surface area contributed by atoms with E-state index in [0.717, 1.165) is 32.7 Å². The Balaban J connectivity index is 2.30. The van der Waals surface area contributed by atoms with Gasteiger partial charge < -0.3 is 11.1 Å². The van der Waals surface area contributed by atoms with E-state index in [1.807, 2.05) is 13.8 Å². The fraction of sp³-hybridized carbons (Fsp3) is 0.929. The predicted molar refractivity (Wildman–Crippen MR) is 79.0 cm³/mol. The van der Waals surface area contributed by atoms with Crippen molar-refractivity contribution in [2.45, 2.75) is 45.7 Å². The molecule has 1 heterocycles. The van der Waals surface area contributed by atoms with Crippen molar-refractivity contribution in [3.8, 4) is 0 Å². The number of carbonyl (C=O) groups excluding carboxylic acids is 1. The zero-order valence-corrected chi connectivity index (χ0v) is 12.7. The molecule has 0 aliphatic carbocycles. The van der Waals surface area contributed by atoms with Gasteiger partial charge in [-0.1, -0.05) is 13.3 Å². The van der Waals surface area contributed by atoms with Crippen LogP contribution in [0.25, 0.3) is 0 Å². The van der Waals surface area contributed by atoms with E-state index < -0.39 is 0 Å². The summed E-state index contributed by atoms with van der Waals surface area (Å²) in [5, 5.41) is 2.94. The molecule has 1 aliphatic rings. The molecule has 19 heavy (non-hydrogen) atoms. The largest absolute Gasteiger partial charge is 0.353 e. The Hall–Kier alpha value is -0.650. The molecular formula is C14H30N4O. The topological polar surface area (TPSA) is 61.6 Å². The quantitative estimate of drug-likeness (QED) is 0.696. The molecule has 1 amide bonds. The van der Waals surface area contributed by atoms with Crippen LogP contribution in [0.5, 0.6) is 0 Å². The van der Waals surface area contributed by atoms with E-state index in [9.17, 15) is 4.79 Å². The van der Waals surface area contributed by atoms with Crippen molar-refractivity contribution < 1.29 is 4.79 Å². The van der Waals surface area contributed by atoms with Gasteiger partial charge in [0, 0.05) is 44.8 Å². The van der Waals surface area contributed by atoms with E-state index in [0.29, 0.717) is 12.6 Å². The van der Waals surface area contributed by atoms with Crippen LogP contribution in [-0.4, -0.2) is 67.1 Å². The van der Waals surface area contributed by atoms with E-state index in [4.69, 9.17) is 5.73 Å². The number of nitrogens with two attached hydrogens (primary N) is 1. The molecule has 3 N–H and O–H groups in total. The first-order chi connectivity index (χ1) is 9.06. The van der Waals surface area contributed by atoms with Gasteiger partial charge in [0.2, 0.25) is 5.91 Å². The Morgan fingerprint density at radius 2 is 1.89 bits per heavy atom. The van der Waals surface area contributed by atoms with Gasteiger partial charge in [-0.15, -0.1) is 0 Å². The average Bonchev–Trinajstić information content (AvgIpc) is 2.36. The Bertz CT molecular complexity index is 262. The molecule has 1 saturated heterocycles. The highest BCUT2D eigenvalue weighted by atomic mass is 16.2. The van der Waals surface area contributed by atoms with Crippen LogP contribution in [0.1, 0.15) is 33.6 Å². The Labute approximate surface area is 117 Å². The van der Waals surface area contributed by atoms with Crippen LogP contribution in [0.15, 0.2) is 0 Å². The number of hydrogen-bond donors (Lipinski definition) is 2. The minimum Gasteiger partial charge on any atom is -0.353 e. The summed E-state index contributed by atoms with van der Waals surface area (Å²) in [6.07, 6.45) is 2.35. The van der Waals surface area contributed by atoms with Crippen molar-refractivity contribution >= 4 is 5.91 Å². The highest BCUT2D eigenvalue weighted by Gasteiger charge is 2.23. The Morgan fingerprint density at radius 1 is 1.26 bits per heavy atom. The molecule has 0 radical (unpaired) electrons. The van der Waals surface area contributed by atoms with Crippen LogP contribution in [0.2, 0.25) is 0 Å². The maximum absolute atomic E-state index is 11.7. The van der Waals surface area contributed by atoms with Crippen LogP contribution < -0.4 is 11.1 Å². The first kappa shape index (κ1) is 16.4. The SMILES string of the molecule is CCCC(CN)N1CCN(CC(=O)NC(C)C)CC1. The molecule has 1 atom stereocenters. The highest BCUT2D eigenvalue weighted by Crippen LogP contribution is 2.10. The number of hydrogen-bond acceptors (Lipinski definition) is 4. The van der Waals surface area contributed by atoms with Gasteiger partial charge in [0.25, 0.3) is 0 Å². The number of nitrogens with zero attached hydrogens (tertiary/aromatic N) is 2. The lowest BCUT2D eigenvalue weighted by molar-refractivity contribution is -0.123. The summed E-state index contributed by atoms with van der Waals surface area (Å²) >= 11 is 0. The maximum Gasteiger partial charge on any atom is 0.234 e. The fourth-order valence-corrected chi connectivity index (χ4v) is 2.64. The fourth-order valence-electron chi connectivity index (χ4n) is 2.64. The van der Waals surface area contributed by atoms with Crippen molar-refractivity contribution in [3.63, 3.8) is 0 Å². The van der Waals surface area contributed by atoms with Crippen molar-refractivity contribution in [1.29, 1.82) is 0 Å². The van der Waals surface area contributed by atoms with Crippen LogP contribution in [-0.2, 0) is 4.79 Å². The summed E-state index contributed by atoms with van der Waals surface area (Å²) in [4.78, 5) is 16.4. The molecule has 1 unspecified atom stereocenters. The zero-order valence-electron chi connectivity index (χ0n) is 12.7. The minimum absolute atomic E-state index is 0.132.